The molecule has 7 aromatic heterocycles. The van der Waals surface area contributed by atoms with Gasteiger partial charge < -0.3 is 37.9 Å². The Bertz CT molecular complexity index is 4510. The van der Waals surface area contributed by atoms with E-state index in [0.29, 0.717) is 79.3 Å². The fourth-order valence-corrected chi connectivity index (χ4v) is 11.2. The van der Waals surface area contributed by atoms with Crippen LogP contribution in [0.4, 0.5) is 0 Å². The second kappa shape index (κ2) is 33.6. The van der Waals surface area contributed by atoms with E-state index < -0.39 is 0 Å². The number of rotatable bonds is 18. The molecule has 97 heavy (non-hydrogen) atoms. The Balaban J connectivity index is 0.000000186. The van der Waals surface area contributed by atoms with E-state index in [4.69, 9.17) is 72.8 Å². The zero-order valence-electron chi connectivity index (χ0n) is 54.4. The first-order chi connectivity index (χ1) is 47.4. The van der Waals surface area contributed by atoms with Gasteiger partial charge in [-0.25, -0.2) is 19.9 Å². The molecule has 0 fully saturated rings. The molecule has 15 nitrogen and oxygen atoms in total. The van der Waals surface area contributed by atoms with E-state index >= 15 is 0 Å². The molecule has 1 radical (unpaired) electrons. The van der Waals surface area contributed by atoms with Crippen LogP contribution in [0, 0.1) is 13.8 Å². The molecule has 14 bridgehead atoms. The molecule has 0 atom stereocenters. The number of hydrogen-bond acceptors (Lipinski definition) is 15. The molecule has 0 unspecified atom stereocenters. The molecule has 0 N–H and O–H groups in total. The van der Waals surface area contributed by atoms with Crippen LogP contribution < -0.4 is 18.9 Å². The van der Waals surface area contributed by atoms with Gasteiger partial charge in [-0.3, -0.25) is 15.0 Å². The molecule has 0 amide bonds. The van der Waals surface area contributed by atoms with Crippen LogP contribution in [0.2, 0.25) is 0 Å². The van der Waals surface area contributed by atoms with E-state index in [2.05, 4.69) is 104 Å². The average molecular weight is 1340 g/mol. The van der Waals surface area contributed by atoms with Gasteiger partial charge in [-0.2, -0.15) is 0 Å². The third-order valence-corrected chi connectivity index (χ3v) is 16.4. The van der Waals surface area contributed by atoms with Gasteiger partial charge in [0.15, 0.2) is 0 Å². The summed E-state index contributed by atoms with van der Waals surface area (Å²) >= 11 is 0. The van der Waals surface area contributed by atoms with Crippen LogP contribution in [0.15, 0.2) is 225 Å². The summed E-state index contributed by atoms with van der Waals surface area (Å²) in [6.07, 6.45) is 7.37. The largest absolute Gasteiger partial charge is 0.494 e. The summed E-state index contributed by atoms with van der Waals surface area (Å²) in [5.74, 6) is 3.32. The smallest absolute Gasteiger partial charge is 0.119 e. The maximum atomic E-state index is 6.11. The first-order valence-corrected chi connectivity index (χ1v) is 32.8. The van der Waals surface area contributed by atoms with Gasteiger partial charge in [0.2, 0.25) is 0 Å². The van der Waals surface area contributed by atoms with E-state index in [1.807, 2.05) is 135 Å². The third-order valence-electron chi connectivity index (χ3n) is 16.4. The van der Waals surface area contributed by atoms with Crippen LogP contribution >= 0.6 is 0 Å². The molecule has 7 aliphatic rings. The van der Waals surface area contributed by atoms with Crippen molar-refractivity contribution in [2.24, 2.45) is 0 Å². The number of ether oxygens (including phenoxy) is 8. The van der Waals surface area contributed by atoms with Gasteiger partial charge in [0, 0.05) is 73.4 Å². The van der Waals surface area contributed by atoms with Gasteiger partial charge in [-0.15, -0.1) is 0 Å². The molecule has 7 aliphatic heterocycles. The second-order valence-electron chi connectivity index (χ2n) is 23.4. The molecular formula is C81H75CuN7O8. The first kappa shape index (κ1) is 67.0. The van der Waals surface area contributed by atoms with Crippen LogP contribution in [0.3, 0.4) is 0 Å². The summed E-state index contributed by atoms with van der Waals surface area (Å²) in [7, 11) is 0. The Kier molecular flexibility index (Phi) is 23.2. The minimum Gasteiger partial charge on any atom is -0.494 e. The van der Waals surface area contributed by atoms with Crippen molar-refractivity contribution in [1.82, 2.24) is 34.9 Å². The van der Waals surface area contributed by atoms with E-state index in [9.17, 15) is 0 Å². The van der Waals surface area contributed by atoms with Crippen molar-refractivity contribution in [2.45, 2.75) is 39.5 Å². The fourth-order valence-electron chi connectivity index (χ4n) is 11.2. The Labute approximate surface area is 575 Å². The minimum absolute atomic E-state index is 0. The molecule has 6 aromatic carbocycles. The maximum absolute atomic E-state index is 6.11. The standard InChI is InChI=1S/C45H35N5O2.C36H40N2O6.Cu/c1-6-42-40-22-8-30(28-46-40)4-2-26-51-36-18-12-32(13-19-36)38-24-16-34-10-11-35-17-25-39(50-45(35)44(34)49-38)33-14-20-37(21-15-33)52-27-3-5-31-9-23-41(47-29-31)43(7-1)48-42;1-27-3-12-32(13-4-27)43-25-23-41-21-19-39-17-18-40-20-22-42-24-26-44-33-14-9-29(10-15-33)34-16-11-31-8-7-30-6-5-28(2)37-35(30)36(31)38-34;/h1,6-25,28-29H,2-5,26-27H2;3-16H,17-26H2,1-2H3;. The minimum atomic E-state index is 0. The van der Waals surface area contributed by atoms with Crippen molar-refractivity contribution < 1.29 is 55.0 Å². The fraction of sp³-hybridized carbons (Fsp3) is 0.222. The number of aryl methyl sites for hydroxylation is 4. The van der Waals surface area contributed by atoms with Crippen molar-refractivity contribution in [2.75, 3.05) is 79.3 Å². The molecule has 493 valence electrons. The van der Waals surface area contributed by atoms with Gasteiger partial charge >= 0.3 is 0 Å². The van der Waals surface area contributed by atoms with Gasteiger partial charge in [0.25, 0.3) is 0 Å². The molecule has 0 saturated heterocycles. The normalized spacial score (nSPS) is 12.2. The summed E-state index contributed by atoms with van der Waals surface area (Å²) in [5.41, 5.74) is 17.2. The molecule has 14 heterocycles. The topological polar surface area (TPSA) is 164 Å². The Morgan fingerprint density at radius 3 is 1.07 bits per heavy atom. The number of hydrogen-bond donors (Lipinski definition) is 0. The van der Waals surface area contributed by atoms with Crippen LogP contribution in [0.1, 0.15) is 35.2 Å². The maximum Gasteiger partial charge on any atom is 0.119 e. The average Bonchev–Trinajstić information content (AvgIpc) is 0.783. The molecule has 16 heteroatoms. The summed E-state index contributed by atoms with van der Waals surface area (Å²) in [5, 5.41) is 4.28. The molecule has 0 spiro atoms. The van der Waals surface area contributed by atoms with Gasteiger partial charge in [0.1, 0.15) is 36.2 Å². The number of benzene rings is 6. The number of pyridine rings is 7. The SMILES string of the molecule is Cc1ccc(OCCOCCOCCOCCOCCOc2ccc(-c3ccc4ccc5ccc(C)nc5c4n3)cc2)cc1.[Cu].c1cc2nc(c1)-c1ccc(cn1)CCCOc1ccc(cc1)-c1ccc3ccc4ccc(nc4c3n1)-c1ccc(cc1)OCCCc1ccc-2nc1. The summed E-state index contributed by atoms with van der Waals surface area (Å²) in [6, 6.07) is 71.6. The predicted octanol–water partition coefficient (Wildman–Crippen LogP) is 16.6. The van der Waals surface area contributed by atoms with E-state index in [-0.39, 0.29) is 17.1 Å². The molecular weight excluding hydrogens is 1260 g/mol. The monoisotopic (exact) mass is 1340 g/mol. The summed E-state index contributed by atoms with van der Waals surface area (Å²) < 4.78 is 45.9. The quantitative estimate of drug-likeness (QED) is 0.0452. The zero-order valence-corrected chi connectivity index (χ0v) is 55.3. The van der Waals surface area contributed by atoms with Crippen molar-refractivity contribution in [1.29, 1.82) is 0 Å². The first-order valence-electron chi connectivity index (χ1n) is 32.8. The van der Waals surface area contributed by atoms with Crippen molar-refractivity contribution in [3.63, 3.8) is 0 Å². The van der Waals surface area contributed by atoms with Crippen molar-refractivity contribution in [3.05, 3.63) is 247 Å². The Hall–Kier alpha value is -10.0. The number of fused-ring (bicyclic) bond motifs is 3. The van der Waals surface area contributed by atoms with Gasteiger partial charge in [-0.05, 0) is 184 Å². The van der Waals surface area contributed by atoms with E-state index in [0.717, 1.165) is 166 Å². The van der Waals surface area contributed by atoms with Crippen molar-refractivity contribution in [3.8, 4) is 79.5 Å². The van der Waals surface area contributed by atoms with Crippen LogP contribution in [-0.2, 0) is 48.9 Å². The number of nitrogens with zero attached hydrogens (tertiary/aromatic N) is 7. The molecule has 0 saturated carbocycles. The number of aromatic nitrogens is 7. The van der Waals surface area contributed by atoms with Gasteiger partial charge in [-0.1, -0.05) is 84.4 Å². The summed E-state index contributed by atoms with van der Waals surface area (Å²) in [6.45, 7) is 10.4. The van der Waals surface area contributed by atoms with E-state index in [1.54, 1.807) is 0 Å². The summed E-state index contributed by atoms with van der Waals surface area (Å²) in [4.78, 5) is 34.3. The van der Waals surface area contributed by atoms with Crippen LogP contribution in [0.25, 0.3) is 100 Å². The van der Waals surface area contributed by atoms with Crippen LogP contribution in [-0.4, -0.2) is 114 Å². The van der Waals surface area contributed by atoms with Gasteiger partial charge in [0.05, 0.1) is 128 Å². The molecule has 0 aliphatic carbocycles. The molecule has 13 aromatic rings. The van der Waals surface area contributed by atoms with E-state index in [1.165, 1.54) is 5.56 Å². The predicted molar refractivity (Wildman–Crippen MR) is 379 cm³/mol. The van der Waals surface area contributed by atoms with Crippen molar-refractivity contribution >= 4 is 43.6 Å². The molecule has 20 rings (SSSR count). The third kappa shape index (κ3) is 18.1. The van der Waals surface area contributed by atoms with Crippen LogP contribution in [0.5, 0.6) is 23.0 Å². The Morgan fingerprint density at radius 2 is 0.670 bits per heavy atom. The zero-order chi connectivity index (χ0) is 65.1. The Morgan fingerprint density at radius 1 is 0.320 bits per heavy atom. The second-order valence-corrected chi connectivity index (χ2v) is 23.4.